The van der Waals surface area contributed by atoms with Gasteiger partial charge in [-0.25, -0.2) is 0 Å². The Balaban J connectivity index is 1.66. The van der Waals surface area contributed by atoms with E-state index in [2.05, 4.69) is 12.2 Å². The molecule has 2 rings (SSSR count). The Morgan fingerprint density at radius 3 is 2.54 bits per heavy atom. The summed E-state index contributed by atoms with van der Waals surface area (Å²) in [6, 6.07) is 0. The highest BCUT2D eigenvalue weighted by atomic mass is 16.5. The molecule has 0 bridgehead atoms. The summed E-state index contributed by atoms with van der Waals surface area (Å²) in [5.41, 5.74) is 0.602. The zero-order valence-electron chi connectivity index (χ0n) is 8.64. The van der Waals surface area contributed by atoms with Crippen LogP contribution in [0.2, 0.25) is 0 Å². The molecule has 1 saturated carbocycles. The van der Waals surface area contributed by atoms with E-state index in [0.29, 0.717) is 11.5 Å². The second-order valence-corrected chi connectivity index (χ2v) is 4.61. The van der Waals surface area contributed by atoms with Crippen LogP contribution in [0, 0.1) is 5.41 Å². The Kier molecular flexibility index (Phi) is 2.89. The third-order valence-corrected chi connectivity index (χ3v) is 3.62. The molecule has 0 aromatic rings. The number of hydrogen-bond acceptors (Lipinski definition) is 2. The maximum atomic E-state index is 5.96. The third-order valence-electron chi connectivity index (χ3n) is 3.62. The van der Waals surface area contributed by atoms with Gasteiger partial charge >= 0.3 is 0 Å². The van der Waals surface area contributed by atoms with Crippen LogP contribution in [0.5, 0.6) is 0 Å². The van der Waals surface area contributed by atoms with Gasteiger partial charge in [0, 0.05) is 0 Å². The summed E-state index contributed by atoms with van der Waals surface area (Å²) < 4.78 is 5.96. The van der Waals surface area contributed by atoms with E-state index in [4.69, 9.17) is 4.74 Å². The zero-order chi connectivity index (χ0) is 9.15. The molecule has 0 aromatic heterocycles. The topological polar surface area (TPSA) is 21.3 Å². The highest BCUT2D eigenvalue weighted by Crippen LogP contribution is 2.48. The van der Waals surface area contributed by atoms with Crippen LogP contribution in [0.4, 0.5) is 0 Å². The second-order valence-electron chi connectivity index (χ2n) is 4.61. The van der Waals surface area contributed by atoms with Crippen LogP contribution in [-0.4, -0.2) is 25.8 Å². The van der Waals surface area contributed by atoms with Gasteiger partial charge in [-0.2, -0.15) is 0 Å². The Morgan fingerprint density at radius 1 is 1.31 bits per heavy atom. The molecule has 1 aliphatic heterocycles. The van der Waals surface area contributed by atoms with E-state index in [-0.39, 0.29) is 0 Å². The second kappa shape index (κ2) is 3.97. The van der Waals surface area contributed by atoms with Gasteiger partial charge in [-0.05, 0) is 50.6 Å². The van der Waals surface area contributed by atoms with Crippen molar-refractivity contribution in [3.63, 3.8) is 0 Å². The minimum absolute atomic E-state index is 0.547. The lowest BCUT2D eigenvalue weighted by Gasteiger charge is -2.25. The standard InChI is InChI=1S/C11H21NO/c1-2-11(5-6-11)9-13-10-3-7-12-8-4-10/h10,12H,2-9H2,1H3. The molecular weight excluding hydrogens is 162 g/mol. The molecule has 0 amide bonds. The normalized spacial score (nSPS) is 27.5. The maximum Gasteiger partial charge on any atom is 0.0599 e. The van der Waals surface area contributed by atoms with Gasteiger partial charge in [-0.3, -0.25) is 0 Å². The van der Waals surface area contributed by atoms with E-state index in [0.717, 1.165) is 19.7 Å². The van der Waals surface area contributed by atoms with Crippen molar-refractivity contribution in [3.8, 4) is 0 Å². The fraction of sp³-hybridized carbons (Fsp3) is 1.00. The van der Waals surface area contributed by atoms with Crippen molar-refractivity contribution in [1.82, 2.24) is 5.32 Å². The third kappa shape index (κ3) is 2.44. The number of rotatable bonds is 4. The number of ether oxygens (including phenoxy) is 1. The monoisotopic (exact) mass is 183 g/mol. The highest BCUT2D eigenvalue weighted by Gasteiger charge is 2.41. The van der Waals surface area contributed by atoms with Crippen LogP contribution in [0.3, 0.4) is 0 Å². The van der Waals surface area contributed by atoms with Crippen molar-refractivity contribution in [3.05, 3.63) is 0 Å². The highest BCUT2D eigenvalue weighted by molar-refractivity contribution is 4.91. The van der Waals surface area contributed by atoms with Crippen LogP contribution in [0.25, 0.3) is 0 Å². The predicted molar refractivity (Wildman–Crippen MR) is 53.8 cm³/mol. The van der Waals surface area contributed by atoms with Gasteiger partial charge < -0.3 is 10.1 Å². The number of nitrogens with one attached hydrogen (secondary N) is 1. The first-order chi connectivity index (χ1) is 6.35. The molecule has 1 N–H and O–H groups in total. The molecule has 1 aliphatic carbocycles. The average molecular weight is 183 g/mol. The van der Waals surface area contributed by atoms with Gasteiger partial charge in [-0.1, -0.05) is 6.92 Å². The van der Waals surface area contributed by atoms with Gasteiger partial charge in [0.25, 0.3) is 0 Å². The summed E-state index contributed by atoms with van der Waals surface area (Å²) in [6.45, 7) is 5.60. The molecule has 1 saturated heterocycles. The Bertz CT molecular complexity index is 159. The van der Waals surface area contributed by atoms with Gasteiger partial charge in [0.2, 0.25) is 0 Å². The summed E-state index contributed by atoms with van der Waals surface area (Å²) in [6.07, 6.45) is 7.06. The minimum Gasteiger partial charge on any atom is -0.378 e. The molecule has 0 spiro atoms. The summed E-state index contributed by atoms with van der Waals surface area (Å²) in [5.74, 6) is 0. The van der Waals surface area contributed by atoms with E-state index in [1.54, 1.807) is 0 Å². The summed E-state index contributed by atoms with van der Waals surface area (Å²) in [4.78, 5) is 0. The molecule has 0 radical (unpaired) electrons. The van der Waals surface area contributed by atoms with Crippen LogP contribution in [0.1, 0.15) is 39.0 Å². The van der Waals surface area contributed by atoms with Crippen molar-refractivity contribution in [2.45, 2.75) is 45.1 Å². The van der Waals surface area contributed by atoms with Crippen molar-refractivity contribution in [1.29, 1.82) is 0 Å². The van der Waals surface area contributed by atoms with E-state index in [1.165, 1.54) is 32.1 Å². The minimum atomic E-state index is 0.547. The van der Waals surface area contributed by atoms with Gasteiger partial charge in [0.15, 0.2) is 0 Å². The molecule has 2 nitrogen and oxygen atoms in total. The molecule has 0 unspecified atom stereocenters. The lowest BCUT2D eigenvalue weighted by Crippen LogP contribution is -2.33. The number of piperidine rings is 1. The molecule has 1 heterocycles. The first-order valence-electron chi connectivity index (χ1n) is 5.67. The van der Waals surface area contributed by atoms with Crippen molar-refractivity contribution in [2.75, 3.05) is 19.7 Å². The van der Waals surface area contributed by atoms with Crippen LogP contribution in [-0.2, 0) is 4.74 Å². The maximum absolute atomic E-state index is 5.96. The lowest BCUT2D eigenvalue weighted by atomic mass is 10.0. The summed E-state index contributed by atoms with van der Waals surface area (Å²) in [5, 5.41) is 3.36. The molecule has 0 atom stereocenters. The van der Waals surface area contributed by atoms with Gasteiger partial charge in [-0.15, -0.1) is 0 Å². The van der Waals surface area contributed by atoms with E-state index >= 15 is 0 Å². The SMILES string of the molecule is CCC1(COC2CCNCC2)CC1. The fourth-order valence-electron chi connectivity index (χ4n) is 2.03. The van der Waals surface area contributed by atoms with Gasteiger partial charge in [0.05, 0.1) is 12.7 Å². The zero-order valence-corrected chi connectivity index (χ0v) is 8.64. The smallest absolute Gasteiger partial charge is 0.0599 e. The lowest BCUT2D eigenvalue weighted by molar-refractivity contribution is 0.00478. The molecule has 0 aromatic carbocycles. The first-order valence-corrected chi connectivity index (χ1v) is 5.67. The van der Waals surface area contributed by atoms with E-state index < -0.39 is 0 Å². The van der Waals surface area contributed by atoms with Gasteiger partial charge in [0.1, 0.15) is 0 Å². The number of hydrogen-bond donors (Lipinski definition) is 1. The summed E-state index contributed by atoms with van der Waals surface area (Å²) in [7, 11) is 0. The molecule has 2 heteroatoms. The van der Waals surface area contributed by atoms with Crippen molar-refractivity contribution in [2.24, 2.45) is 5.41 Å². The van der Waals surface area contributed by atoms with E-state index in [9.17, 15) is 0 Å². The molecular formula is C11H21NO. The molecule has 76 valence electrons. The van der Waals surface area contributed by atoms with Crippen LogP contribution < -0.4 is 5.32 Å². The molecule has 2 fully saturated rings. The van der Waals surface area contributed by atoms with Crippen molar-refractivity contribution >= 4 is 0 Å². The van der Waals surface area contributed by atoms with E-state index in [1.807, 2.05) is 0 Å². The molecule has 2 aliphatic rings. The quantitative estimate of drug-likeness (QED) is 0.719. The Morgan fingerprint density at radius 2 is 2.00 bits per heavy atom. The van der Waals surface area contributed by atoms with Crippen LogP contribution >= 0.6 is 0 Å². The average Bonchev–Trinajstić information content (AvgIpc) is 2.97. The Labute approximate surface area is 81.0 Å². The largest absolute Gasteiger partial charge is 0.378 e. The summed E-state index contributed by atoms with van der Waals surface area (Å²) >= 11 is 0. The first kappa shape index (κ1) is 9.47. The Hall–Kier alpha value is -0.0800. The predicted octanol–water partition coefficient (Wildman–Crippen LogP) is 1.95. The van der Waals surface area contributed by atoms with Crippen LogP contribution in [0.15, 0.2) is 0 Å². The van der Waals surface area contributed by atoms with Crippen molar-refractivity contribution < 1.29 is 4.74 Å². The fourth-order valence-corrected chi connectivity index (χ4v) is 2.03. The molecule has 13 heavy (non-hydrogen) atoms.